The molecule has 3 rings (SSSR count). The fraction of sp³-hybridized carbons (Fsp3) is 0.400. The molecule has 0 saturated carbocycles. The third-order valence-electron chi connectivity index (χ3n) is 4.61. The van der Waals surface area contributed by atoms with Crippen LogP contribution in [0.1, 0.15) is 18.1 Å². The molecule has 7 heteroatoms. The summed E-state index contributed by atoms with van der Waals surface area (Å²) in [4.78, 5) is 0. The minimum absolute atomic E-state index is 0.583. The number of anilines is 1. The molecule has 2 aromatic rings. The number of nitrogens with zero attached hydrogens (tertiary/aromatic N) is 2. The molecule has 1 fully saturated rings. The summed E-state index contributed by atoms with van der Waals surface area (Å²) in [6, 6.07) is 13.3. The maximum atomic E-state index is 10.2. The van der Waals surface area contributed by atoms with Crippen molar-refractivity contribution in [3.8, 4) is 0 Å². The first-order valence-corrected chi connectivity index (χ1v) is 8.90. The highest BCUT2D eigenvalue weighted by Gasteiger charge is 2.41. The van der Waals surface area contributed by atoms with Crippen LogP contribution in [0.25, 0.3) is 0 Å². The lowest BCUT2D eigenvalue weighted by molar-refractivity contribution is -0.209. The average Bonchev–Trinajstić information content (AvgIpc) is 2.65. The van der Waals surface area contributed by atoms with Crippen LogP contribution in [0.5, 0.6) is 0 Å². The van der Waals surface area contributed by atoms with Gasteiger partial charge in [-0.15, -0.1) is 5.11 Å². The van der Waals surface area contributed by atoms with Gasteiger partial charge in [-0.25, -0.2) is 0 Å². The molecule has 5 atom stereocenters. The van der Waals surface area contributed by atoms with Crippen LogP contribution in [0.4, 0.5) is 17.1 Å². The van der Waals surface area contributed by atoms with Crippen LogP contribution in [0.3, 0.4) is 0 Å². The SMILES string of the molecule is Cc1ccc(N=Nc2cc(C)ccc2N[C@@H]2O[C@@H](C)[C@@H](O)[C@@H](O)[C@H]2O)cc1. The Labute approximate surface area is 158 Å². The normalized spacial score (nSPS) is 28.4. The molecule has 0 spiro atoms. The fourth-order valence-corrected chi connectivity index (χ4v) is 2.89. The summed E-state index contributed by atoms with van der Waals surface area (Å²) in [6.45, 7) is 5.59. The number of aliphatic hydroxyl groups excluding tert-OH is 3. The first-order valence-electron chi connectivity index (χ1n) is 8.90. The van der Waals surface area contributed by atoms with Gasteiger partial charge in [-0.2, -0.15) is 5.11 Å². The molecule has 0 aliphatic carbocycles. The Morgan fingerprint density at radius 2 is 1.52 bits per heavy atom. The van der Waals surface area contributed by atoms with Gasteiger partial charge in [0.1, 0.15) is 24.0 Å². The van der Waals surface area contributed by atoms with Crippen molar-refractivity contribution >= 4 is 17.1 Å². The topological polar surface area (TPSA) is 107 Å². The third kappa shape index (κ3) is 4.51. The molecule has 7 nitrogen and oxygen atoms in total. The van der Waals surface area contributed by atoms with Crippen molar-refractivity contribution in [2.24, 2.45) is 10.2 Å². The molecule has 27 heavy (non-hydrogen) atoms. The van der Waals surface area contributed by atoms with E-state index in [4.69, 9.17) is 4.74 Å². The second kappa shape index (κ2) is 8.14. The zero-order valence-electron chi connectivity index (χ0n) is 15.6. The maximum Gasteiger partial charge on any atom is 0.157 e. The molecule has 0 bridgehead atoms. The molecule has 1 heterocycles. The van der Waals surface area contributed by atoms with Gasteiger partial charge in [-0.1, -0.05) is 23.8 Å². The predicted molar refractivity (Wildman–Crippen MR) is 103 cm³/mol. The summed E-state index contributed by atoms with van der Waals surface area (Å²) >= 11 is 0. The van der Waals surface area contributed by atoms with Crippen LogP contribution in [0.2, 0.25) is 0 Å². The number of aryl methyl sites for hydroxylation is 2. The standard InChI is InChI=1S/C20H25N3O4/c1-11-4-7-14(8-5-11)22-23-16-10-12(2)6-9-15(16)21-20-19(26)18(25)17(24)13(3)27-20/h4-10,13,17-21,24-26H,1-3H3/t13-,17+,18+,19+,20+/m0/s1. The molecular weight excluding hydrogens is 346 g/mol. The molecule has 1 saturated heterocycles. The lowest BCUT2D eigenvalue weighted by Crippen LogP contribution is -2.58. The number of ether oxygens (including phenoxy) is 1. The van der Waals surface area contributed by atoms with E-state index in [0.717, 1.165) is 16.8 Å². The number of nitrogens with one attached hydrogen (secondary N) is 1. The number of benzene rings is 2. The largest absolute Gasteiger partial charge is 0.388 e. The summed E-state index contributed by atoms with van der Waals surface area (Å²) in [5, 5.41) is 41.7. The van der Waals surface area contributed by atoms with E-state index in [-0.39, 0.29) is 0 Å². The predicted octanol–water partition coefficient (Wildman–Crippen LogP) is 2.96. The Morgan fingerprint density at radius 1 is 0.852 bits per heavy atom. The Bertz CT molecular complexity index is 809. The van der Waals surface area contributed by atoms with Gasteiger partial charge in [-0.3, -0.25) is 0 Å². The van der Waals surface area contributed by atoms with E-state index < -0.39 is 30.6 Å². The molecular formula is C20H25N3O4. The van der Waals surface area contributed by atoms with Crippen molar-refractivity contribution < 1.29 is 20.1 Å². The van der Waals surface area contributed by atoms with Gasteiger partial charge in [0.15, 0.2) is 6.23 Å². The summed E-state index contributed by atoms with van der Waals surface area (Å²) in [6.07, 6.45) is -5.22. The highest BCUT2D eigenvalue weighted by Crippen LogP contribution is 2.31. The van der Waals surface area contributed by atoms with E-state index in [1.807, 2.05) is 56.3 Å². The average molecular weight is 371 g/mol. The van der Waals surface area contributed by atoms with Gasteiger partial charge in [-0.05, 0) is 50.6 Å². The van der Waals surface area contributed by atoms with Crippen molar-refractivity contribution in [3.63, 3.8) is 0 Å². The summed E-state index contributed by atoms with van der Waals surface area (Å²) in [7, 11) is 0. The lowest BCUT2D eigenvalue weighted by atomic mass is 9.99. The van der Waals surface area contributed by atoms with Gasteiger partial charge in [0, 0.05) is 0 Å². The summed E-state index contributed by atoms with van der Waals surface area (Å²) < 4.78 is 5.60. The molecule has 144 valence electrons. The number of hydrogen-bond donors (Lipinski definition) is 4. The van der Waals surface area contributed by atoms with Gasteiger partial charge in [0.25, 0.3) is 0 Å². The minimum atomic E-state index is -1.30. The first-order chi connectivity index (χ1) is 12.8. The van der Waals surface area contributed by atoms with Crippen LogP contribution >= 0.6 is 0 Å². The van der Waals surface area contributed by atoms with Gasteiger partial charge < -0.3 is 25.4 Å². The molecule has 0 unspecified atom stereocenters. The Morgan fingerprint density at radius 3 is 2.22 bits per heavy atom. The summed E-state index contributed by atoms with van der Waals surface area (Å²) in [5.74, 6) is 0. The van der Waals surface area contributed by atoms with Crippen LogP contribution < -0.4 is 5.32 Å². The summed E-state index contributed by atoms with van der Waals surface area (Å²) in [5.41, 5.74) is 4.07. The molecule has 2 aromatic carbocycles. The Kier molecular flexibility index (Phi) is 5.86. The van der Waals surface area contributed by atoms with Gasteiger partial charge in [0.2, 0.25) is 0 Å². The number of aliphatic hydroxyl groups is 3. The molecule has 0 radical (unpaired) electrons. The highest BCUT2D eigenvalue weighted by atomic mass is 16.5. The molecule has 4 N–H and O–H groups in total. The van der Waals surface area contributed by atoms with E-state index in [0.29, 0.717) is 11.4 Å². The zero-order chi connectivity index (χ0) is 19.6. The van der Waals surface area contributed by atoms with E-state index in [1.54, 1.807) is 6.92 Å². The maximum absolute atomic E-state index is 10.2. The Balaban J connectivity index is 1.82. The second-order valence-electron chi connectivity index (χ2n) is 6.93. The van der Waals surface area contributed by atoms with E-state index >= 15 is 0 Å². The van der Waals surface area contributed by atoms with Crippen LogP contribution in [-0.4, -0.2) is 46.0 Å². The fourth-order valence-electron chi connectivity index (χ4n) is 2.89. The number of azo groups is 1. The molecule has 1 aliphatic heterocycles. The van der Waals surface area contributed by atoms with Crippen molar-refractivity contribution in [2.45, 2.75) is 51.4 Å². The number of rotatable bonds is 4. The van der Waals surface area contributed by atoms with Crippen molar-refractivity contribution in [3.05, 3.63) is 53.6 Å². The van der Waals surface area contributed by atoms with Gasteiger partial charge >= 0.3 is 0 Å². The third-order valence-corrected chi connectivity index (χ3v) is 4.61. The first kappa shape index (κ1) is 19.4. The zero-order valence-corrected chi connectivity index (χ0v) is 15.6. The van der Waals surface area contributed by atoms with Crippen molar-refractivity contribution in [1.82, 2.24) is 0 Å². The molecule has 1 aliphatic rings. The second-order valence-corrected chi connectivity index (χ2v) is 6.93. The van der Waals surface area contributed by atoms with Crippen LogP contribution in [0.15, 0.2) is 52.7 Å². The molecule has 0 amide bonds. The van der Waals surface area contributed by atoms with E-state index in [9.17, 15) is 15.3 Å². The monoisotopic (exact) mass is 371 g/mol. The minimum Gasteiger partial charge on any atom is -0.388 e. The van der Waals surface area contributed by atoms with Crippen LogP contribution in [0, 0.1) is 13.8 Å². The highest BCUT2D eigenvalue weighted by molar-refractivity contribution is 5.66. The quantitative estimate of drug-likeness (QED) is 0.618. The molecule has 0 aromatic heterocycles. The van der Waals surface area contributed by atoms with Gasteiger partial charge in [0.05, 0.1) is 17.5 Å². The van der Waals surface area contributed by atoms with Crippen molar-refractivity contribution in [1.29, 1.82) is 0 Å². The number of hydrogen-bond acceptors (Lipinski definition) is 7. The van der Waals surface area contributed by atoms with Crippen molar-refractivity contribution in [2.75, 3.05) is 5.32 Å². The lowest BCUT2D eigenvalue weighted by Gasteiger charge is -2.39. The Hall–Kier alpha value is -2.32. The van der Waals surface area contributed by atoms with Crippen LogP contribution in [-0.2, 0) is 4.74 Å². The van der Waals surface area contributed by atoms with E-state index in [2.05, 4.69) is 15.5 Å². The smallest absolute Gasteiger partial charge is 0.157 e. The van der Waals surface area contributed by atoms with E-state index in [1.165, 1.54) is 0 Å².